The monoisotopic (exact) mass is 217 g/mol. The van der Waals surface area contributed by atoms with Crippen LogP contribution in [0.2, 0.25) is 0 Å². The molecule has 0 fully saturated rings. The van der Waals surface area contributed by atoms with Gasteiger partial charge in [0.05, 0.1) is 6.04 Å². The molecule has 1 aromatic carbocycles. The molecular weight excluding hydrogens is 202 g/mol. The van der Waals surface area contributed by atoms with E-state index in [0.29, 0.717) is 0 Å². The molecule has 3 nitrogen and oxygen atoms in total. The van der Waals surface area contributed by atoms with Crippen LogP contribution < -0.4 is 5.32 Å². The Morgan fingerprint density at radius 1 is 1.25 bits per heavy atom. The summed E-state index contributed by atoms with van der Waals surface area (Å²) in [6.07, 6.45) is 3.22. The molecule has 3 heteroatoms. The van der Waals surface area contributed by atoms with Crippen LogP contribution in [0, 0.1) is 0 Å². The van der Waals surface area contributed by atoms with Crippen LogP contribution in [0.1, 0.15) is 19.4 Å². The van der Waals surface area contributed by atoms with Crippen molar-refractivity contribution in [1.29, 1.82) is 0 Å². The Balaban J connectivity index is 2.57. The predicted octanol–water partition coefficient (Wildman–Crippen LogP) is 1.79. The summed E-state index contributed by atoms with van der Waals surface area (Å²) in [6.45, 7) is 3.06. The van der Waals surface area contributed by atoms with Gasteiger partial charge >= 0.3 is 0 Å². The molecule has 0 unspecified atom stereocenters. The number of carbonyl (C=O) groups excluding carboxylic acids is 2. The van der Waals surface area contributed by atoms with Crippen molar-refractivity contribution < 1.29 is 9.59 Å². The number of rotatable bonds is 4. The Morgan fingerprint density at radius 2 is 1.88 bits per heavy atom. The smallest absolute Gasteiger partial charge is 0.217 e. The minimum Gasteiger partial charge on any atom is -0.346 e. The standard InChI is InChI=1S/C13H15NO2/c1-10(14-11(2)15)13(16)9-8-12-6-4-3-5-7-12/h3-10H,1-2H3,(H,14,15)/b9-8+/t10-/m0/s1. The highest BCUT2D eigenvalue weighted by molar-refractivity contribution is 5.99. The summed E-state index contributed by atoms with van der Waals surface area (Å²) in [4.78, 5) is 22.3. The van der Waals surface area contributed by atoms with Crippen LogP contribution in [-0.4, -0.2) is 17.7 Å². The first-order valence-electron chi connectivity index (χ1n) is 5.13. The van der Waals surface area contributed by atoms with Gasteiger partial charge in [0.25, 0.3) is 0 Å². The molecule has 0 bridgehead atoms. The Hall–Kier alpha value is -1.90. The van der Waals surface area contributed by atoms with Crippen molar-refractivity contribution in [1.82, 2.24) is 5.32 Å². The lowest BCUT2D eigenvalue weighted by molar-refractivity contribution is -0.124. The molecular formula is C13H15NO2. The van der Waals surface area contributed by atoms with Crippen molar-refractivity contribution in [2.45, 2.75) is 19.9 Å². The van der Waals surface area contributed by atoms with E-state index in [9.17, 15) is 9.59 Å². The summed E-state index contributed by atoms with van der Waals surface area (Å²) in [5, 5.41) is 2.54. The number of hydrogen-bond acceptors (Lipinski definition) is 2. The molecule has 1 N–H and O–H groups in total. The number of amides is 1. The van der Waals surface area contributed by atoms with Gasteiger partial charge in [0.1, 0.15) is 0 Å². The lowest BCUT2D eigenvalue weighted by Gasteiger charge is -2.07. The molecule has 16 heavy (non-hydrogen) atoms. The fraction of sp³-hybridized carbons (Fsp3) is 0.231. The lowest BCUT2D eigenvalue weighted by atomic mass is 10.1. The highest BCUT2D eigenvalue weighted by atomic mass is 16.2. The predicted molar refractivity (Wildman–Crippen MR) is 63.8 cm³/mol. The molecule has 0 saturated heterocycles. The van der Waals surface area contributed by atoms with Gasteiger partial charge in [-0.1, -0.05) is 36.4 Å². The van der Waals surface area contributed by atoms with Gasteiger partial charge < -0.3 is 5.32 Å². The Labute approximate surface area is 95.2 Å². The molecule has 0 aliphatic carbocycles. The summed E-state index contributed by atoms with van der Waals surface area (Å²) in [5.41, 5.74) is 0.964. The van der Waals surface area contributed by atoms with Crippen LogP contribution in [0.25, 0.3) is 6.08 Å². The van der Waals surface area contributed by atoms with Crippen molar-refractivity contribution in [2.75, 3.05) is 0 Å². The van der Waals surface area contributed by atoms with E-state index in [1.54, 1.807) is 13.0 Å². The number of carbonyl (C=O) groups is 2. The molecule has 84 valence electrons. The van der Waals surface area contributed by atoms with E-state index in [4.69, 9.17) is 0 Å². The highest BCUT2D eigenvalue weighted by Gasteiger charge is 2.09. The van der Waals surface area contributed by atoms with Crippen LogP contribution in [0.3, 0.4) is 0 Å². The molecule has 1 aromatic rings. The summed E-state index contributed by atoms with van der Waals surface area (Å²) >= 11 is 0. The van der Waals surface area contributed by atoms with Gasteiger partial charge in [-0.3, -0.25) is 9.59 Å². The summed E-state index contributed by atoms with van der Waals surface area (Å²) in [7, 11) is 0. The first-order chi connectivity index (χ1) is 7.59. The quantitative estimate of drug-likeness (QED) is 0.781. The van der Waals surface area contributed by atoms with Gasteiger partial charge in [-0.2, -0.15) is 0 Å². The zero-order chi connectivity index (χ0) is 12.0. The minimum absolute atomic E-state index is 0.112. The second-order valence-electron chi connectivity index (χ2n) is 3.57. The molecule has 0 radical (unpaired) electrons. The summed E-state index contributed by atoms with van der Waals surface area (Å²) < 4.78 is 0. The normalized spacial score (nSPS) is 12.4. The van der Waals surface area contributed by atoms with E-state index in [2.05, 4.69) is 5.32 Å². The van der Waals surface area contributed by atoms with E-state index in [1.807, 2.05) is 30.3 Å². The molecule has 0 aliphatic heterocycles. The summed E-state index contributed by atoms with van der Waals surface area (Å²) in [5.74, 6) is -0.312. The van der Waals surface area contributed by atoms with Gasteiger partial charge in [-0.05, 0) is 18.6 Å². The zero-order valence-electron chi connectivity index (χ0n) is 9.44. The molecule has 0 aliphatic rings. The fourth-order valence-corrected chi connectivity index (χ4v) is 1.26. The van der Waals surface area contributed by atoms with Gasteiger partial charge in [0.2, 0.25) is 5.91 Å². The number of nitrogens with one attached hydrogen (secondary N) is 1. The summed E-state index contributed by atoms with van der Waals surface area (Å²) in [6, 6.07) is 9.07. The molecule has 0 saturated carbocycles. The Kier molecular flexibility index (Phi) is 4.45. The topological polar surface area (TPSA) is 46.2 Å². The molecule has 0 spiro atoms. The molecule has 1 atom stereocenters. The maximum atomic E-state index is 11.6. The Morgan fingerprint density at radius 3 is 2.44 bits per heavy atom. The maximum Gasteiger partial charge on any atom is 0.217 e. The molecule has 1 rings (SSSR count). The first kappa shape index (κ1) is 12.2. The second-order valence-corrected chi connectivity index (χ2v) is 3.57. The fourth-order valence-electron chi connectivity index (χ4n) is 1.26. The molecule has 0 aromatic heterocycles. The number of hydrogen-bond donors (Lipinski definition) is 1. The van der Waals surface area contributed by atoms with E-state index >= 15 is 0 Å². The average Bonchev–Trinajstić information content (AvgIpc) is 2.26. The minimum atomic E-state index is -0.475. The largest absolute Gasteiger partial charge is 0.346 e. The van der Waals surface area contributed by atoms with Crippen molar-refractivity contribution in [3.8, 4) is 0 Å². The van der Waals surface area contributed by atoms with Gasteiger partial charge in [-0.15, -0.1) is 0 Å². The molecule has 1 amide bonds. The third kappa shape index (κ3) is 4.09. The van der Waals surface area contributed by atoms with Gasteiger partial charge in [0.15, 0.2) is 5.78 Å². The average molecular weight is 217 g/mol. The van der Waals surface area contributed by atoms with E-state index in [1.165, 1.54) is 13.0 Å². The Bertz CT molecular complexity index is 396. The number of ketones is 1. The molecule has 0 heterocycles. The van der Waals surface area contributed by atoms with Crippen molar-refractivity contribution >= 4 is 17.8 Å². The van der Waals surface area contributed by atoms with Crippen LogP contribution in [-0.2, 0) is 9.59 Å². The van der Waals surface area contributed by atoms with Gasteiger partial charge in [-0.25, -0.2) is 0 Å². The third-order valence-corrected chi connectivity index (χ3v) is 2.09. The zero-order valence-corrected chi connectivity index (χ0v) is 9.44. The van der Waals surface area contributed by atoms with Gasteiger partial charge in [0, 0.05) is 6.92 Å². The lowest BCUT2D eigenvalue weighted by Crippen LogP contribution is -2.36. The number of benzene rings is 1. The van der Waals surface area contributed by atoms with E-state index in [0.717, 1.165) is 5.56 Å². The van der Waals surface area contributed by atoms with Crippen LogP contribution in [0.4, 0.5) is 0 Å². The maximum absolute atomic E-state index is 11.6. The SMILES string of the molecule is CC(=O)N[C@@H](C)C(=O)/C=C/c1ccccc1. The third-order valence-electron chi connectivity index (χ3n) is 2.09. The first-order valence-corrected chi connectivity index (χ1v) is 5.13. The highest BCUT2D eigenvalue weighted by Crippen LogP contribution is 2.01. The van der Waals surface area contributed by atoms with Crippen molar-refractivity contribution in [3.63, 3.8) is 0 Å². The van der Waals surface area contributed by atoms with E-state index < -0.39 is 6.04 Å². The van der Waals surface area contributed by atoms with Crippen LogP contribution in [0.5, 0.6) is 0 Å². The van der Waals surface area contributed by atoms with E-state index in [-0.39, 0.29) is 11.7 Å². The van der Waals surface area contributed by atoms with Crippen molar-refractivity contribution in [2.24, 2.45) is 0 Å². The van der Waals surface area contributed by atoms with Crippen LogP contribution >= 0.6 is 0 Å². The second kappa shape index (κ2) is 5.85. The van der Waals surface area contributed by atoms with Crippen LogP contribution in [0.15, 0.2) is 36.4 Å². The van der Waals surface area contributed by atoms with Crippen molar-refractivity contribution in [3.05, 3.63) is 42.0 Å².